The Labute approximate surface area is 164 Å². The predicted octanol–water partition coefficient (Wildman–Crippen LogP) is 1.33. The fraction of sp³-hybridized carbons (Fsp3) is 0.294. The molecule has 3 aromatic rings. The molecule has 0 aliphatic carbocycles. The van der Waals surface area contributed by atoms with Gasteiger partial charge < -0.3 is 4.74 Å². The summed E-state index contributed by atoms with van der Waals surface area (Å²) in [6.07, 6.45) is 1.53. The van der Waals surface area contributed by atoms with Gasteiger partial charge in [0.15, 0.2) is 5.65 Å². The SMILES string of the molecule is O=c1n(Cc2cccc(Br)c2)nc2c(S(=O)(=O)N3CCOCC3)cccn12. The van der Waals surface area contributed by atoms with Crippen LogP contribution in [-0.4, -0.2) is 53.2 Å². The van der Waals surface area contributed by atoms with Crippen LogP contribution in [0.4, 0.5) is 0 Å². The topological polar surface area (TPSA) is 85.9 Å². The lowest BCUT2D eigenvalue weighted by Crippen LogP contribution is -2.40. The maximum Gasteiger partial charge on any atom is 0.350 e. The van der Waals surface area contributed by atoms with Crippen LogP contribution in [-0.2, 0) is 21.3 Å². The minimum atomic E-state index is -3.76. The highest BCUT2D eigenvalue weighted by Gasteiger charge is 2.29. The number of sulfonamides is 1. The van der Waals surface area contributed by atoms with Crippen LogP contribution in [0.2, 0.25) is 0 Å². The first-order valence-electron chi connectivity index (χ1n) is 8.37. The van der Waals surface area contributed by atoms with Crippen LogP contribution in [0.15, 0.2) is 56.8 Å². The molecule has 1 saturated heterocycles. The zero-order valence-corrected chi connectivity index (χ0v) is 16.7. The van der Waals surface area contributed by atoms with E-state index in [0.29, 0.717) is 13.2 Å². The van der Waals surface area contributed by atoms with Gasteiger partial charge in [0.25, 0.3) is 0 Å². The molecular formula is C17H17BrN4O4S. The molecule has 2 aromatic heterocycles. The molecule has 0 unspecified atom stereocenters. The molecule has 0 bridgehead atoms. The van der Waals surface area contributed by atoms with Crippen LogP contribution in [0.25, 0.3) is 5.65 Å². The molecule has 142 valence electrons. The second kappa shape index (κ2) is 7.19. The summed E-state index contributed by atoms with van der Waals surface area (Å²) in [5, 5.41) is 4.31. The van der Waals surface area contributed by atoms with Crippen molar-refractivity contribution in [1.82, 2.24) is 18.5 Å². The first-order chi connectivity index (χ1) is 13.0. The van der Waals surface area contributed by atoms with Crippen LogP contribution in [0, 0.1) is 0 Å². The Kier molecular flexibility index (Phi) is 4.89. The number of rotatable bonds is 4. The Hall–Kier alpha value is -2.01. The number of ether oxygens (including phenoxy) is 1. The molecule has 0 atom stereocenters. The maximum absolute atomic E-state index is 13.0. The van der Waals surface area contributed by atoms with E-state index in [-0.39, 0.29) is 35.9 Å². The van der Waals surface area contributed by atoms with Gasteiger partial charge in [0.2, 0.25) is 10.0 Å². The quantitative estimate of drug-likeness (QED) is 0.595. The number of hydrogen-bond donors (Lipinski definition) is 0. The molecule has 1 aliphatic rings. The van der Waals surface area contributed by atoms with E-state index >= 15 is 0 Å². The van der Waals surface area contributed by atoms with Crippen molar-refractivity contribution in [3.63, 3.8) is 0 Å². The molecule has 1 aliphatic heterocycles. The van der Waals surface area contributed by atoms with Gasteiger partial charge in [0, 0.05) is 23.8 Å². The minimum absolute atomic E-state index is 0.0250. The summed E-state index contributed by atoms with van der Waals surface area (Å²) in [4.78, 5) is 12.7. The van der Waals surface area contributed by atoms with E-state index in [1.807, 2.05) is 24.3 Å². The van der Waals surface area contributed by atoms with Crippen molar-refractivity contribution in [3.8, 4) is 0 Å². The van der Waals surface area contributed by atoms with Gasteiger partial charge in [-0.15, -0.1) is 5.10 Å². The maximum atomic E-state index is 13.0. The number of fused-ring (bicyclic) bond motifs is 1. The van der Waals surface area contributed by atoms with E-state index in [9.17, 15) is 13.2 Å². The van der Waals surface area contributed by atoms with E-state index in [4.69, 9.17) is 4.74 Å². The first kappa shape index (κ1) is 18.4. The Morgan fingerprint density at radius 3 is 2.67 bits per heavy atom. The average molecular weight is 453 g/mol. The molecule has 1 fully saturated rings. The van der Waals surface area contributed by atoms with Crippen LogP contribution in [0.3, 0.4) is 0 Å². The summed E-state index contributed by atoms with van der Waals surface area (Å²) in [5.74, 6) is 0. The molecule has 0 spiro atoms. The third-order valence-corrected chi connectivity index (χ3v) is 6.80. The lowest BCUT2D eigenvalue weighted by molar-refractivity contribution is 0.0730. The number of halogens is 1. The molecule has 0 radical (unpaired) electrons. The second-order valence-electron chi connectivity index (χ2n) is 6.15. The van der Waals surface area contributed by atoms with E-state index in [1.54, 1.807) is 6.07 Å². The van der Waals surface area contributed by atoms with Gasteiger partial charge in [0.1, 0.15) is 4.90 Å². The van der Waals surface area contributed by atoms with Crippen molar-refractivity contribution < 1.29 is 13.2 Å². The van der Waals surface area contributed by atoms with Crippen molar-refractivity contribution >= 4 is 31.6 Å². The highest BCUT2D eigenvalue weighted by Crippen LogP contribution is 2.20. The Balaban J connectivity index is 1.79. The van der Waals surface area contributed by atoms with Gasteiger partial charge in [-0.1, -0.05) is 28.1 Å². The predicted molar refractivity (Wildman–Crippen MR) is 102 cm³/mol. The summed E-state index contributed by atoms with van der Waals surface area (Å²) < 4.78 is 36.1. The normalized spacial score (nSPS) is 16.0. The van der Waals surface area contributed by atoms with Gasteiger partial charge in [-0.25, -0.2) is 22.3 Å². The Morgan fingerprint density at radius 2 is 1.93 bits per heavy atom. The summed E-state index contributed by atoms with van der Waals surface area (Å²) >= 11 is 3.40. The molecular weight excluding hydrogens is 436 g/mol. The van der Waals surface area contributed by atoms with E-state index in [2.05, 4.69) is 21.0 Å². The summed E-state index contributed by atoms with van der Waals surface area (Å²) in [6.45, 7) is 1.52. The molecule has 0 saturated carbocycles. The Bertz CT molecular complexity index is 1150. The highest BCUT2D eigenvalue weighted by atomic mass is 79.9. The van der Waals surface area contributed by atoms with E-state index < -0.39 is 10.0 Å². The van der Waals surface area contributed by atoms with Crippen LogP contribution >= 0.6 is 15.9 Å². The van der Waals surface area contributed by atoms with Crippen molar-refractivity contribution in [1.29, 1.82) is 0 Å². The largest absolute Gasteiger partial charge is 0.379 e. The van der Waals surface area contributed by atoms with Crippen LogP contribution in [0.5, 0.6) is 0 Å². The number of nitrogens with zero attached hydrogens (tertiary/aromatic N) is 4. The number of benzene rings is 1. The lowest BCUT2D eigenvalue weighted by Gasteiger charge is -2.25. The van der Waals surface area contributed by atoms with Crippen molar-refractivity contribution in [2.45, 2.75) is 11.4 Å². The first-order valence-corrected chi connectivity index (χ1v) is 10.6. The van der Waals surface area contributed by atoms with Crippen molar-refractivity contribution in [2.75, 3.05) is 26.3 Å². The summed E-state index contributed by atoms with van der Waals surface area (Å²) in [6, 6.07) is 10.6. The fourth-order valence-electron chi connectivity index (χ4n) is 3.05. The Morgan fingerprint density at radius 1 is 1.15 bits per heavy atom. The summed E-state index contributed by atoms with van der Waals surface area (Å²) in [5.41, 5.74) is 0.625. The van der Waals surface area contributed by atoms with Crippen LogP contribution in [0.1, 0.15) is 5.56 Å². The highest BCUT2D eigenvalue weighted by molar-refractivity contribution is 9.10. The fourth-order valence-corrected chi connectivity index (χ4v) is 5.03. The molecule has 0 N–H and O–H groups in total. The van der Waals surface area contributed by atoms with Gasteiger partial charge >= 0.3 is 5.69 Å². The molecule has 8 nitrogen and oxygen atoms in total. The third-order valence-electron chi connectivity index (χ3n) is 4.38. The van der Waals surface area contributed by atoms with Gasteiger partial charge in [-0.05, 0) is 29.8 Å². The number of morpholine rings is 1. The van der Waals surface area contributed by atoms with Crippen LogP contribution < -0.4 is 5.69 Å². The van der Waals surface area contributed by atoms with Gasteiger partial charge in [-0.3, -0.25) is 0 Å². The molecule has 1 aromatic carbocycles. The number of hydrogen-bond acceptors (Lipinski definition) is 5. The second-order valence-corrected chi connectivity index (χ2v) is 8.97. The zero-order chi connectivity index (χ0) is 19.0. The molecule has 4 rings (SSSR count). The van der Waals surface area contributed by atoms with E-state index in [0.717, 1.165) is 10.0 Å². The summed E-state index contributed by atoms with van der Waals surface area (Å²) in [7, 11) is -3.76. The van der Waals surface area contributed by atoms with Gasteiger partial charge in [-0.2, -0.15) is 4.31 Å². The standard InChI is InChI=1S/C17H17BrN4O4S/c18-14-4-1-3-13(11-14)12-22-17(23)21-6-2-5-15(16(21)19-22)27(24,25)20-7-9-26-10-8-20/h1-6,11H,7-10,12H2. The monoisotopic (exact) mass is 452 g/mol. The zero-order valence-electron chi connectivity index (χ0n) is 14.3. The van der Waals surface area contributed by atoms with Crippen molar-refractivity contribution in [2.24, 2.45) is 0 Å². The lowest BCUT2D eigenvalue weighted by atomic mass is 10.2. The number of pyridine rings is 1. The third kappa shape index (κ3) is 3.45. The molecule has 3 heterocycles. The molecule has 0 amide bonds. The average Bonchev–Trinajstić information content (AvgIpc) is 2.98. The molecule has 10 heteroatoms. The smallest absolute Gasteiger partial charge is 0.350 e. The minimum Gasteiger partial charge on any atom is -0.379 e. The van der Waals surface area contributed by atoms with E-state index in [1.165, 1.54) is 25.7 Å². The van der Waals surface area contributed by atoms with Crippen molar-refractivity contribution in [3.05, 3.63) is 63.1 Å². The molecule has 27 heavy (non-hydrogen) atoms. The van der Waals surface area contributed by atoms with Gasteiger partial charge in [0.05, 0.1) is 19.8 Å². The number of aromatic nitrogens is 3.